The van der Waals surface area contributed by atoms with Gasteiger partial charge in [-0.25, -0.2) is 4.79 Å². The van der Waals surface area contributed by atoms with Crippen molar-refractivity contribution < 1.29 is 9.90 Å². The topological polar surface area (TPSA) is 78.3 Å². The number of H-pyrrole nitrogens is 1. The number of hydrogen-bond acceptors (Lipinski definition) is 4. The van der Waals surface area contributed by atoms with Crippen molar-refractivity contribution in [1.29, 1.82) is 0 Å². The van der Waals surface area contributed by atoms with Gasteiger partial charge in [-0.05, 0) is 56.3 Å². The van der Waals surface area contributed by atoms with Crippen LogP contribution in [0.2, 0.25) is 0 Å². The molecule has 3 rings (SSSR count). The van der Waals surface area contributed by atoms with Crippen LogP contribution in [0, 0.1) is 4.77 Å². The first-order valence-corrected chi connectivity index (χ1v) is 8.19. The average molecular weight is 333 g/mol. The van der Waals surface area contributed by atoms with Crippen LogP contribution >= 0.6 is 12.2 Å². The first kappa shape index (κ1) is 15.9. The summed E-state index contributed by atoms with van der Waals surface area (Å²) in [6.45, 7) is 3.49. The van der Waals surface area contributed by atoms with Gasteiger partial charge in [0.2, 0.25) is 0 Å². The van der Waals surface area contributed by atoms with E-state index in [-0.39, 0.29) is 11.1 Å². The fourth-order valence-corrected chi connectivity index (χ4v) is 3.30. The summed E-state index contributed by atoms with van der Waals surface area (Å²) in [7, 11) is 0. The Labute approximate surface area is 138 Å². The number of rotatable bonds is 4. The van der Waals surface area contributed by atoms with E-state index in [0.717, 1.165) is 19.6 Å². The molecule has 0 spiro atoms. The number of carbonyl (C=O) groups is 1. The minimum absolute atomic E-state index is 0.133. The predicted molar refractivity (Wildman–Crippen MR) is 90.6 cm³/mol. The van der Waals surface area contributed by atoms with E-state index in [0.29, 0.717) is 22.2 Å². The molecule has 1 fully saturated rings. The maximum Gasteiger partial charge on any atom is 0.335 e. The largest absolute Gasteiger partial charge is 0.478 e. The van der Waals surface area contributed by atoms with Gasteiger partial charge in [0, 0.05) is 13.1 Å². The molecule has 0 amide bonds. The van der Waals surface area contributed by atoms with Crippen LogP contribution in [0.1, 0.15) is 29.6 Å². The van der Waals surface area contributed by atoms with E-state index in [9.17, 15) is 9.59 Å². The highest BCUT2D eigenvalue weighted by molar-refractivity contribution is 7.71. The van der Waals surface area contributed by atoms with Gasteiger partial charge >= 0.3 is 5.97 Å². The summed E-state index contributed by atoms with van der Waals surface area (Å²) in [5.74, 6) is -1.03. The molecule has 2 N–H and O–H groups in total. The summed E-state index contributed by atoms with van der Waals surface area (Å²) in [6, 6.07) is 4.44. The molecule has 0 atom stereocenters. The molecule has 23 heavy (non-hydrogen) atoms. The summed E-state index contributed by atoms with van der Waals surface area (Å²) >= 11 is 5.28. The van der Waals surface area contributed by atoms with Crippen LogP contribution in [0.3, 0.4) is 0 Å². The van der Waals surface area contributed by atoms with Crippen molar-refractivity contribution in [3.63, 3.8) is 0 Å². The second kappa shape index (κ2) is 6.64. The second-order valence-electron chi connectivity index (χ2n) is 5.85. The zero-order valence-corrected chi connectivity index (χ0v) is 13.6. The molecule has 2 aromatic rings. The van der Waals surface area contributed by atoms with Gasteiger partial charge in [-0.15, -0.1) is 0 Å². The predicted octanol–water partition coefficient (Wildman–Crippen LogP) is 2.24. The van der Waals surface area contributed by atoms with Crippen molar-refractivity contribution in [2.75, 3.05) is 19.6 Å². The number of carboxylic acid groups (broad SMARTS) is 1. The lowest BCUT2D eigenvalue weighted by molar-refractivity contribution is 0.0697. The smallest absolute Gasteiger partial charge is 0.335 e. The molecule has 6 nitrogen and oxygen atoms in total. The first-order valence-electron chi connectivity index (χ1n) is 7.79. The molecule has 122 valence electrons. The summed E-state index contributed by atoms with van der Waals surface area (Å²) in [4.78, 5) is 29.0. The van der Waals surface area contributed by atoms with Crippen molar-refractivity contribution in [3.05, 3.63) is 38.9 Å². The maximum atomic E-state index is 12.6. The van der Waals surface area contributed by atoms with Gasteiger partial charge in [-0.2, -0.15) is 0 Å². The average Bonchev–Trinajstić information content (AvgIpc) is 2.55. The monoisotopic (exact) mass is 333 g/mol. The number of aromatic carboxylic acids is 1. The molecular formula is C16H19N3O3S. The van der Waals surface area contributed by atoms with Crippen molar-refractivity contribution in [3.8, 4) is 0 Å². The Bertz CT molecular complexity index is 850. The van der Waals surface area contributed by atoms with Gasteiger partial charge in [-0.3, -0.25) is 9.36 Å². The Hall–Kier alpha value is -1.99. The Morgan fingerprint density at radius 2 is 1.96 bits per heavy atom. The Kier molecular flexibility index (Phi) is 4.58. The van der Waals surface area contributed by atoms with Gasteiger partial charge in [0.05, 0.1) is 16.5 Å². The number of hydrogen-bond donors (Lipinski definition) is 2. The van der Waals surface area contributed by atoms with Crippen molar-refractivity contribution in [2.24, 2.45) is 0 Å². The van der Waals surface area contributed by atoms with E-state index in [1.54, 1.807) is 10.6 Å². The van der Waals surface area contributed by atoms with Crippen LogP contribution < -0.4 is 5.56 Å². The van der Waals surface area contributed by atoms with E-state index in [1.807, 2.05) is 0 Å². The molecule has 1 aromatic carbocycles. The number of aromatic amines is 1. The van der Waals surface area contributed by atoms with Crippen molar-refractivity contribution in [2.45, 2.75) is 25.8 Å². The molecule has 0 saturated carbocycles. The van der Waals surface area contributed by atoms with Crippen LogP contribution in [0.5, 0.6) is 0 Å². The number of carboxylic acids is 1. The van der Waals surface area contributed by atoms with Crippen LogP contribution in [0.25, 0.3) is 10.9 Å². The van der Waals surface area contributed by atoms with Crippen LogP contribution in [-0.4, -0.2) is 45.2 Å². The highest BCUT2D eigenvalue weighted by atomic mass is 32.1. The standard InChI is InChI=1S/C16H19N3O3S/c20-14-12-5-4-11(15(21)22)10-13(12)17-16(23)19(14)9-8-18-6-2-1-3-7-18/h4-5,10H,1-3,6-9H2,(H,17,23)(H,21,22). The van der Waals surface area contributed by atoms with Gasteiger partial charge in [-0.1, -0.05) is 6.42 Å². The minimum atomic E-state index is -1.03. The molecule has 1 aromatic heterocycles. The molecule has 0 unspecified atom stereocenters. The third kappa shape index (κ3) is 3.35. The normalized spacial score (nSPS) is 15.8. The molecule has 1 aliphatic rings. The SMILES string of the molecule is O=C(O)c1ccc2c(=O)n(CCN3CCCCC3)c(=S)[nH]c2c1. The number of nitrogens with zero attached hydrogens (tertiary/aromatic N) is 2. The molecular weight excluding hydrogens is 314 g/mol. The molecule has 0 bridgehead atoms. The van der Waals surface area contributed by atoms with Gasteiger partial charge in [0.1, 0.15) is 0 Å². The third-order valence-corrected chi connectivity index (χ3v) is 4.64. The highest BCUT2D eigenvalue weighted by Gasteiger charge is 2.12. The summed E-state index contributed by atoms with van der Waals surface area (Å²) in [5.41, 5.74) is 0.431. The van der Waals surface area contributed by atoms with E-state index >= 15 is 0 Å². The van der Waals surface area contributed by atoms with Gasteiger partial charge < -0.3 is 15.0 Å². The van der Waals surface area contributed by atoms with E-state index < -0.39 is 5.97 Å². The van der Waals surface area contributed by atoms with Crippen molar-refractivity contribution >= 4 is 29.1 Å². The molecule has 1 aliphatic heterocycles. The molecule has 7 heteroatoms. The number of fused-ring (bicyclic) bond motifs is 1. The second-order valence-corrected chi connectivity index (χ2v) is 6.24. The number of benzene rings is 1. The van der Waals surface area contributed by atoms with E-state index in [4.69, 9.17) is 17.3 Å². The van der Waals surface area contributed by atoms with Gasteiger partial charge in [0.25, 0.3) is 5.56 Å². The molecule has 1 saturated heterocycles. The summed E-state index contributed by atoms with van der Waals surface area (Å²) < 4.78 is 1.90. The van der Waals surface area contributed by atoms with E-state index in [2.05, 4.69) is 9.88 Å². The molecule has 0 aliphatic carbocycles. The van der Waals surface area contributed by atoms with Crippen LogP contribution in [0.4, 0.5) is 0 Å². The lowest BCUT2D eigenvalue weighted by Gasteiger charge is -2.26. The van der Waals surface area contributed by atoms with Crippen LogP contribution in [-0.2, 0) is 6.54 Å². The number of piperidine rings is 1. The fraction of sp³-hybridized carbons (Fsp3) is 0.438. The zero-order chi connectivity index (χ0) is 16.4. The van der Waals surface area contributed by atoms with Crippen molar-refractivity contribution in [1.82, 2.24) is 14.5 Å². The summed E-state index contributed by atoms with van der Waals surface area (Å²) in [5, 5.41) is 9.50. The third-order valence-electron chi connectivity index (χ3n) is 4.32. The van der Waals surface area contributed by atoms with Crippen LogP contribution in [0.15, 0.2) is 23.0 Å². The minimum Gasteiger partial charge on any atom is -0.478 e. The quantitative estimate of drug-likeness (QED) is 0.839. The Morgan fingerprint density at radius 1 is 1.22 bits per heavy atom. The zero-order valence-electron chi connectivity index (χ0n) is 12.7. The lowest BCUT2D eigenvalue weighted by Crippen LogP contribution is -2.35. The number of nitrogens with one attached hydrogen (secondary N) is 1. The van der Waals surface area contributed by atoms with E-state index in [1.165, 1.54) is 31.4 Å². The highest BCUT2D eigenvalue weighted by Crippen LogP contribution is 2.12. The number of likely N-dealkylation sites (tertiary alicyclic amines) is 1. The molecule has 2 heterocycles. The Morgan fingerprint density at radius 3 is 2.65 bits per heavy atom. The first-order chi connectivity index (χ1) is 11.1. The van der Waals surface area contributed by atoms with Gasteiger partial charge in [0.15, 0.2) is 4.77 Å². The fourth-order valence-electron chi connectivity index (χ4n) is 3.02. The maximum absolute atomic E-state index is 12.6. The summed E-state index contributed by atoms with van der Waals surface area (Å²) in [6.07, 6.45) is 3.69. The lowest BCUT2D eigenvalue weighted by atomic mass is 10.1. The molecule has 0 radical (unpaired) electrons. The number of aromatic nitrogens is 2. The Balaban J connectivity index is 1.91.